The lowest BCUT2D eigenvalue weighted by atomic mass is 9.98. The first-order valence-electron chi connectivity index (χ1n) is 7.69. The molecule has 0 saturated heterocycles. The number of Topliss-reactive ketones (excluding diaryl/α,β-unsaturated/α-hetero) is 1. The molecule has 0 aliphatic heterocycles. The Balaban J connectivity index is 2.27. The van der Waals surface area contributed by atoms with Crippen LogP contribution in [-0.2, 0) is 28.7 Å². The molecule has 0 radical (unpaired) electrons. The number of halogens is 4. The maximum atomic E-state index is 13.3. The summed E-state index contributed by atoms with van der Waals surface area (Å²) in [7, 11) is 0. The van der Waals surface area contributed by atoms with E-state index in [2.05, 4.69) is 27.3 Å². The molecule has 2 rings (SSSR count). The fourth-order valence-corrected chi connectivity index (χ4v) is 2.87. The Morgan fingerprint density at radius 2 is 1.81 bits per heavy atom. The highest BCUT2D eigenvalue weighted by molar-refractivity contribution is 14.1. The van der Waals surface area contributed by atoms with Crippen molar-refractivity contribution < 1.29 is 27.5 Å². The van der Waals surface area contributed by atoms with Gasteiger partial charge >= 0.3 is 12.1 Å². The summed E-state index contributed by atoms with van der Waals surface area (Å²) in [4.78, 5) is 23.2. The highest BCUT2D eigenvalue weighted by atomic mass is 127. The van der Waals surface area contributed by atoms with Gasteiger partial charge in [-0.15, -0.1) is 0 Å². The molecule has 0 aliphatic rings. The van der Waals surface area contributed by atoms with E-state index in [1.807, 2.05) is 6.92 Å². The third kappa shape index (κ3) is 5.30. The number of aryl methyl sites for hydroxylation is 1. The first-order chi connectivity index (χ1) is 12.1. The summed E-state index contributed by atoms with van der Waals surface area (Å²) in [6.45, 7) is 2.57. The van der Waals surface area contributed by atoms with Crippen LogP contribution < -0.4 is 0 Å². The number of carbonyl (C=O) groups is 2. The standard InChI is InChI=1S/C19H16F3IO3/c1-11-3-5-14(9-17(11)23)18(25)8-13-4-6-15(10-26-12(2)24)16(7-13)19(20,21)22/h3-7,9H,8,10H2,1-2H3. The predicted molar refractivity (Wildman–Crippen MR) is 98.8 cm³/mol. The van der Waals surface area contributed by atoms with Crippen molar-refractivity contribution in [3.63, 3.8) is 0 Å². The zero-order chi connectivity index (χ0) is 19.5. The zero-order valence-corrected chi connectivity index (χ0v) is 16.3. The SMILES string of the molecule is CC(=O)OCc1ccc(CC(=O)c2ccc(C)c(I)c2)cc1C(F)(F)F. The number of rotatable bonds is 5. The maximum absolute atomic E-state index is 13.3. The Hall–Kier alpha value is -1.90. The van der Waals surface area contributed by atoms with E-state index in [4.69, 9.17) is 0 Å². The van der Waals surface area contributed by atoms with Crippen LogP contribution in [0.25, 0.3) is 0 Å². The summed E-state index contributed by atoms with van der Waals surface area (Å²) in [6, 6.07) is 8.82. The summed E-state index contributed by atoms with van der Waals surface area (Å²) < 4.78 is 45.4. The van der Waals surface area contributed by atoms with Gasteiger partial charge in [0, 0.05) is 28.0 Å². The van der Waals surface area contributed by atoms with Gasteiger partial charge < -0.3 is 4.74 Å². The molecule has 0 fully saturated rings. The number of hydrogen-bond acceptors (Lipinski definition) is 3. The van der Waals surface area contributed by atoms with E-state index in [9.17, 15) is 22.8 Å². The van der Waals surface area contributed by atoms with Gasteiger partial charge in [0.05, 0.1) is 5.56 Å². The van der Waals surface area contributed by atoms with E-state index < -0.39 is 24.3 Å². The molecular formula is C19H16F3IO3. The van der Waals surface area contributed by atoms with Crippen LogP contribution in [0.2, 0.25) is 0 Å². The minimum Gasteiger partial charge on any atom is -0.461 e. The summed E-state index contributed by atoms with van der Waals surface area (Å²) in [6.07, 6.45) is -4.75. The van der Waals surface area contributed by atoms with Crippen LogP contribution in [0.3, 0.4) is 0 Å². The fraction of sp³-hybridized carbons (Fsp3) is 0.263. The van der Waals surface area contributed by atoms with E-state index in [-0.39, 0.29) is 23.3 Å². The summed E-state index contributed by atoms with van der Waals surface area (Å²) in [5.41, 5.74) is 0.690. The molecule has 0 aliphatic carbocycles. The van der Waals surface area contributed by atoms with Crippen LogP contribution in [0.15, 0.2) is 36.4 Å². The van der Waals surface area contributed by atoms with Gasteiger partial charge in [0.25, 0.3) is 0 Å². The first kappa shape index (κ1) is 20.4. The lowest BCUT2D eigenvalue weighted by Crippen LogP contribution is -2.13. The second kappa shape index (κ2) is 8.20. The predicted octanol–water partition coefficient (Wildman–Crippen LogP) is 5.11. The molecule has 26 heavy (non-hydrogen) atoms. The smallest absolute Gasteiger partial charge is 0.416 e. The Labute approximate surface area is 162 Å². The molecule has 0 saturated carbocycles. The van der Waals surface area contributed by atoms with Gasteiger partial charge in [-0.2, -0.15) is 13.2 Å². The largest absolute Gasteiger partial charge is 0.461 e. The molecule has 0 amide bonds. The third-order valence-corrected chi connectivity index (χ3v) is 4.93. The topological polar surface area (TPSA) is 43.4 Å². The van der Waals surface area contributed by atoms with Crippen LogP contribution in [-0.4, -0.2) is 11.8 Å². The molecule has 0 bridgehead atoms. The van der Waals surface area contributed by atoms with Crippen LogP contribution in [0.4, 0.5) is 13.2 Å². The van der Waals surface area contributed by atoms with E-state index in [0.717, 1.165) is 22.1 Å². The molecule has 0 atom stereocenters. The second-order valence-corrected chi connectivity index (χ2v) is 7.00. The highest BCUT2D eigenvalue weighted by Crippen LogP contribution is 2.33. The highest BCUT2D eigenvalue weighted by Gasteiger charge is 2.34. The lowest BCUT2D eigenvalue weighted by molar-refractivity contribution is -0.145. The molecule has 2 aromatic carbocycles. The van der Waals surface area contributed by atoms with Gasteiger partial charge in [-0.05, 0) is 52.8 Å². The number of ether oxygens (including phenoxy) is 1. The van der Waals surface area contributed by atoms with Gasteiger partial charge in [-0.25, -0.2) is 0 Å². The van der Waals surface area contributed by atoms with Gasteiger partial charge in [-0.1, -0.05) is 24.3 Å². The van der Waals surface area contributed by atoms with Crippen molar-refractivity contribution in [3.8, 4) is 0 Å². The molecule has 0 spiro atoms. The van der Waals surface area contributed by atoms with E-state index in [1.165, 1.54) is 12.1 Å². The van der Waals surface area contributed by atoms with Gasteiger partial charge in [0.2, 0.25) is 0 Å². The van der Waals surface area contributed by atoms with Crippen LogP contribution in [0, 0.1) is 10.5 Å². The minimum atomic E-state index is -4.60. The van der Waals surface area contributed by atoms with Crippen molar-refractivity contribution in [2.45, 2.75) is 33.1 Å². The molecule has 2 aromatic rings. The molecule has 7 heteroatoms. The van der Waals surface area contributed by atoms with Gasteiger partial charge in [0.15, 0.2) is 5.78 Å². The molecule has 0 N–H and O–H groups in total. The summed E-state index contributed by atoms with van der Waals surface area (Å²) in [5.74, 6) is -0.921. The number of benzene rings is 2. The molecular weight excluding hydrogens is 460 g/mol. The Morgan fingerprint density at radius 3 is 2.38 bits per heavy atom. The number of esters is 1. The van der Waals surface area contributed by atoms with Crippen molar-refractivity contribution in [3.05, 3.63) is 67.8 Å². The average molecular weight is 476 g/mol. The second-order valence-electron chi connectivity index (χ2n) is 5.83. The maximum Gasteiger partial charge on any atom is 0.416 e. The quantitative estimate of drug-likeness (QED) is 0.343. The van der Waals surface area contributed by atoms with E-state index >= 15 is 0 Å². The number of ketones is 1. The van der Waals surface area contributed by atoms with Crippen molar-refractivity contribution in [2.24, 2.45) is 0 Å². The van der Waals surface area contributed by atoms with E-state index in [0.29, 0.717) is 5.56 Å². The fourth-order valence-electron chi connectivity index (χ4n) is 2.36. The molecule has 0 heterocycles. The third-order valence-electron chi connectivity index (χ3n) is 3.77. The summed E-state index contributed by atoms with van der Waals surface area (Å²) in [5, 5.41) is 0. The van der Waals surface area contributed by atoms with Crippen molar-refractivity contribution in [2.75, 3.05) is 0 Å². The monoisotopic (exact) mass is 476 g/mol. The van der Waals surface area contributed by atoms with E-state index in [1.54, 1.807) is 18.2 Å². The summed E-state index contributed by atoms with van der Waals surface area (Å²) >= 11 is 2.11. The zero-order valence-electron chi connectivity index (χ0n) is 14.1. The number of carbonyl (C=O) groups excluding carboxylic acids is 2. The molecule has 0 aromatic heterocycles. The van der Waals surface area contributed by atoms with Crippen LogP contribution in [0.1, 0.15) is 39.5 Å². The van der Waals surface area contributed by atoms with Gasteiger partial charge in [-0.3, -0.25) is 9.59 Å². The van der Waals surface area contributed by atoms with Crippen molar-refractivity contribution >= 4 is 34.3 Å². The molecule has 138 valence electrons. The average Bonchev–Trinajstić information content (AvgIpc) is 2.55. The normalized spacial score (nSPS) is 11.3. The lowest BCUT2D eigenvalue weighted by Gasteiger charge is -2.14. The Morgan fingerprint density at radius 1 is 1.12 bits per heavy atom. The molecule has 0 unspecified atom stereocenters. The van der Waals surface area contributed by atoms with Crippen LogP contribution >= 0.6 is 22.6 Å². The Kier molecular flexibility index (Phi) is 6.44. The van der Waals surface area contributed by atoms with Gasteiger partial charge in [0.1, 0.15) is 6.61 Å². The Bertz CT molecular complexity index is 844. The van der Waals surface area contributed by atoms with Crippen molar-refractivity contribution in [1.29, 1.82) is 0 Å². The minimum absolute atomic E-state index is 0.143. The van der Waals surface area contributed by atoms with Crippen LogP contribution in [0.5, 0.6) is 0 Å². The number of hydrogen-bond donors (Lipinski definition) is 0. The first-order valence-corrected chi connectivity index (χ1v) is 8.77. The van der Waals surface area contributed by atoms with Crippen molar-refractivity contribution in [1.82, 2.24) is 0 Å². The molecule has 3 nitrogen and oxygen atoms in total. The number of alkyl halides is 3.